The van der Waals surface area contributed by atoms with Crippen molar-refractivity contribution in [2.24, 2.45) is 11.8 Å². The van der Waals surface area contributed by atoms with Gasteiger partial charge in [0.15, 0.2) is 0 Å². The maximum Gasteiger partial charge on any atom is 0.0702 e. The fraction of sp³-hybridized carbons (Fsp3) is 0.522. The molecular weight excluding hydrogens is 290 g/mol. The Bertz CT molecular complexity index is 626. The predicted molar refractivity (Wildman–Crippen MR) is 103 cm³/mol. The molecule has 1 heteroatoms. The van der Waals surface area contributed by atoms with Crippen LogP contribution in [0.5, 0.6) is 0 Å². The van der Waals surface area contributed by atoms with Crippen molar-refractivity contribution < 1.29 is 0 Å². The topological polar surface area (TPSA) is 12.9 Å². The highest BCUT2D eigenvalue weighted by Gasteiger charge is 2.27. The molecule has 1 aliphatic carbocycles. The molecule has 3 atom stereocenters. The zero-order valence-electron chi connectivity index (χ0n) is 15.5. The summed E-state index contributed by atoms with van der Waals surface area (Å²) in [6, 6.07) is 13.5. The molecule has 1 heterocycles. The Labute approximate surface area is 147 Å². The van der Waals surface area contributed by atoms with Crippen molar-refractivity contribution in [3.8, 4) is 11.3 Å². The van der Waals surface area contributed by atoms with Gasteiger partial charge in [-0.25, -0.2) is 0 Å². The van der Waals surface area contributed by atoms with Gasteiger partial charge >= 0.3 is 0 Å². The number of aryl methyl sites for hydroxylation is 1. The van der Waals surface area contributed by atoms with Crippen LogP contribution >= 0.6 is 0 Å². The normalized spacial score (nSPS) is 24.0. The van der Waals surface area contributed by atoms with Gasteiger partial charge in [0.2, 0.25) is 0 Å². The van der Waals surface area contributed by atoms with E-state index in [4.69, 9.17) is 0 Å². The minimum absolute atomic E-state index is 0.748. The maximum atomic E-state index is 4.60. The first-order valence-corrected chi connectivity index (χ1v) is 9.76. The molecule has 1 aromatic heterocycles. The maximum absolute atomic E-state index is 4.60. The van der Waals surface area contributed by atoms with Crippen molar-refractivity contribution in [1.29, 1.82) is 0 Å². The number of pyridine rings is 1. The molecule has 0 radical (unpaired) electrons. The molecule has 3 unspecified atom stereocenters. The number of benzene rings is 1. The summed E-state index contributed by atoms with van der Waals surface area (Å²) in [5.41, 5.74) is 5.13. The largest absolute Gasteiger partial charge is 0.256 e. The van der Waals surface area contributed by atoms with Gasteiger partial charge in [-0.1, -0.05) is 63.9 Å². The van der Waals surface area contributed by atoms with E-state index in [9.17, 15) is 0 Å². The summed E-state index contributed by atoms with van der Waals surface area (Å²) >= 11 is 0. The van der Waals surface area contributed by atoms with Gasteiger partial charge in [0.05, 0.1) is 5.69 Å². The van der Waals surface area contributed by atoms with Crippen LogP contribution in [0, 0.1) is 11.8 Å². The van der Waals surface area contributed by atoms with Crippen molar-refractivity contribution in [3.63, 3.8) is 0 Å². The minimum Gasteiger partial charge on any atom is -0.256 e. The molecule has 0 aliphatic heterocycles. The SMILES string of the molecule is CCCC1CCC(c2ccc(-c3ccc(CC)cn3)cc2)CC1C. The molecule has 2 aromatic rings. The van der Waals surface area contributed by atoms with Crippen molar-refractivity contribution in [3.05, 3.63) is 53.7 Å². The molecule has 1 saturated carbocycles. The van der Waals surface area contributed by atoms with Crippen LogP contribution < -0.4 is 0 Å². The summed E-state index contributed by atoms with van der Waals surface area (Å²) in [5.74, 6) is 2.57. The Morgan fingerprint density at radius 2 is 1.79 bits per heavy atom. The van der Waals surface area contributed by atoms with E-state index in [2.05, 4.69) is 62.2 Å². The van der Waals surface area contributed by atoms with Gasteiger partial charge in [-0.3, -0.25) is 4.98 Å². The number of nitrogens with zero attached hydrogens (tertiary/aromatic N) is 1. The van der Waals surface area contributed by atoms with E-state index in [-0.39, 0.29) is 0 Å². The van der Waals surface area contributed by atoms with E-state index in [0.717, 1.165) is 29.9 Å². The number of rotatable bonds is 5. The second-order valence-electron chi connectivity index (χ2n) is 7.56. The van der Waals surface area contributed by atoms with Gasteiger partial charge in [0.1, 0.15) is 0 Å². The van der Waals surface area contributed by atoms with Crippen LogP contribution in [0.4, 0.5) is 0 Å². The molecular formula is C23H31N. The molecule has 0 bridgehead atoms. The first-order valence-electron chi connectivity index (χ1n) is 9.76. The number of hydrogen-bond acceptors (Lipinski definition) is 1. The monoisotopic (exact) mass is 321 g/mol. The molecule has 24 heavy (non-hydrogen) atoms. The van der Waals surface area contributed by atoms with Crippen LogP contribution in [0.15, 0.2) is 42.6 Å². The summed E-state index contributed by atoms with van der Waals surface area (Å²) < 4.78 is 0. The van der Waals surface area contributed by atoms with Crippen molar-refractivity contribution >= 4 is 0 Å². The van der Waals surface area contributed by atoms with Gasteiger partial charge in [-0.15, -0.1) is 0 Å². The van der Waals surface area contributed by atoms with Crippen LogP contribution in [0.1, 0.15) is 69.9 Å². The molecule has 3 rings (SSSR count). The lowest BCUT2D eigenvalue weighted by molar-refractivity contribution is 0.218. The average Bonchev–Trinajstić information content (AvgIpc) is 2.64. The van der Waals surface area contributed by atoms with Crippen LogP contribution in [0.25, 0.3) is 11.3 Å². The van der Waals surface area contributed by atoms with Crippen molar-refractivity contribution in [2.75, 3.05) is 0 Å². The van der Waals surface area contributed by atoms with Crippen LogP contribution in [-0.2, 0) is 6.42 Å². The molecule has 0 spiro atoms. The minimum atomic E-state index is 0.748. The Balaban J connectivity index is 1.68. The van der Waals surface area contributed by atoms with E-state index < -0.39 is 0 Å². The zero-order chi connectivity index (χ0) is 16.9. The van der Waals surface area contributed by atoms with Crippen LogP contribution in [0.2, 0.25) is 0 Å². The van der Waals surface area contributed by atoms with E-state index in [1.54, 1.807) is 0 Å². The molecule has 1 aromatic carbocycles. The van der Waals surface area contributed by atoms with Crippen LogP contribution in [-0.4, -0.2) is 4.98 Å². The van der Waals surface area contributed by atoms with Crippen LogP contribution in [0.3, 0.4) is 0 Å². The van der Waals surface area contributed by atoms with E-state index in [1.165, 1.54) is 48.8 Å². The second-order valence-corrected chi connectivity index (χ2v) is 7.56. The molecule has 0 saturated heterocycles. The zero-order valence-corrected chi connectivity index (χ0v) is 15.5. The van der Waals surface area contributed by atoms with Crippen molar-refractivity contribution in [1.82, 2.24) is 4.98 Å². The molecule has 1 aliphatic rings. The molecule has 0 N–H and O–H groups in total. The summed E-state index contributed by atoms with van der Waals surface area (Å²) in [6.45, 7) is 6.94. The lowest BCUT2D eigenvalue weighted by Gasteiger charge is -2.34. The molecule has 128 valence electrons. The Kier molecular flexibility index (Phi) is 5.71. The van der Waals surface area contributed by atoms with E-state index >= 15 is 0 Å². The first kappa shape index (κ1) is 17.2. The van der Waals surface area contributed by atoms with Gasteiger partial charge in [0.25, 0.3) is 0 Å². The number of aromatic nitrogens is 1. The Morgan fingerprint density at radius 3 is 2.38 bits per heavy atom. The average molecular weight is 322 g/mol. The Morgan fingerprint density at radius 1 is 1.00 bits per heavy atom. The molecule has 1 nitrogen and oxygen atoms in total. The van der Waals surface area contributed by atoms with Gasteiger partial charge in [0, 0.05) is 11.8 Å². The van der Waals surface area contributed by atoms with E-state index in [0.29, 0.717) is 0 Å². The second kappa shape index (κ2) is 7.96. The third-order valence-electron chi connectivity index (χ3n) is 5.92. The van der Waals surface area contributed by atoms with Gasteiger partial charge in [-0.2, -0.15) is 0 Å². The molecule has 1 fully saturated rings. The quantitative estimate of drug-likeness (QED) is 0.602. The summed E-state index contributed by atoms with van der Waals surface area (Å²) in [4.78, 5) is 4.60. The van der Waals surface area contributed by atoms with Crippen molar-refractivity contribution in [2.45, 2.75) is 65.2 Å². The van der Waals surface area contributed by atoms with E-state index in [1.807, 2.05) is 6.20 Å². The summed E-state index contributed by atoms with van der Waals surface area (Å²) in [7, 11) is 0. The first-order chi connectivity index (χ1) is 11.7. The lowest BCUT2D eigenvalue weighted by Crippen LogP contribution is -2.21. The molecule has 0 amide bonds. The fourth-order valence-corrected chi connectivity index (χ4v) is 4.29. The smallest absolute Gasteiger partial charge is 0.0702 e. The Hall–Kier alpha value is -1.63. The summed E-state index contributed by atoms with van der Waals surface area (Å²) in [5, 5.41) is 0. The summed E-state index contributed by atoms with van der Waals surface area (Å²) in [6.07, 6.45) is 9.90. The predicted octanol–water partition coefficient (Wildman–Crippen LogP) is 6.63. The lowest BCUT2D eigenvalue weighted by atomic mass is 9.71. The third-order valence-corrected chi connectivity index (χ3v) is 5.92. The highest BCUT2D eigenvalue weighted by molar-refractivity contribution is 5.59. The van der Waals surface area contributed by atoms with Gasteiger partial charge in [-0.05, 0) is 60.6 Å². The highest BCUT2D eigenvalue weighted by Crippen LogP contribution is 2.41. The standard InChI is InChI=1S/C23H31N/c1-4-6-19-8-13-22(15-17(19)3)20-9-11-21(12-10-20)23-14-7-18(5-2)16-24-23/h7,9-12,14,16-17,19,22H,4-6,8,13,15H2,1-3H3. The number of hydrogen-bond donors (Lipinski definition) is 0. The van der Waals surface area contributed by atoms with Gasteiger partial charge < -0.3 is 0 Å². The fourth-order valence-electron chi connectivity index (χ4n) is 4.29. The highest BCUT2D eigenvalue weighted by atomic mass is 14.7. The third kappa shape index (κ3) is 3.88.